The van der Waals surface area contributed by atoms with Crippen LogP contribution in [0.3, 0.4) is 0 Å². The third-order valence-corrected chi connectivity index (χ3v) is 4.66. The lowest BCUT2D eigenvalue weighted by Gasteiger charge is -2.31. The first-order valence-electron chi connectivity index (χ1n) is 6.45. The molecule has 1 aromatic heterocycles. The SMILES string of the molecule is Cc1nsc(NC(=O)C2(C)CCCCC2)c1C(=O)O. The van der Waals surface area contributed by atoms with Crippen LogP contribution in [0.15, 0.2) is 0 Å². The van der Waals surface area contributed by atoms with Gasteiger partial charge in [-0.2, -0.15) is 4.37 Å². The van der Waals surface area contributed by atoms with Crippen LogP contribution < -0.4 is 5.32 Å². The van der Waals surface area contributed by atoms with E-state index >= 15 is 0 Å². The fourth-order valence-corrected chi connectivity index (χ4v) is 3.30. The minimum absolute atomic E-state index is 0.0849. The summed E-state index contributed by atoms with van der Waals surface area (Å²) in [5.74, 6) is -1.13. The van der Waals surface area contributed by atoms with E-state index in [1.165, 1.54) is 6.42 Å². The third-order valence-electron chi connectivity index (χ3n) is 3.81. The Balaban J connectivity index is 2.17. The molecule has 19 heavy (non-hydrogen) atoms. The van der Waals surface area contributed by atoms with E-state index in [4.69, 9.17) is 5.11 Å². The summed E-state index contributed by atoms with van der Waals surface area (Å²) >= 11 is 1.03. The number of rotatable bonds is 3. The molecule has 1 aliphatic rings. The molecule has 1 aliphatic carbocycles. The van der Waals surface area contributed by atoms with Crippen LogP contribution in [0.1, 0.15) is 55.1 Å². The number of carbonyl (C=O) groups excluding carboxylic acids is 1. The van der Waals surface area contributed by atoms with Gasteiger partial charge in [-0.3, -0.25) is 4.79 Å². The van der Waals surface area contributed by atoms with E-state index < -0.39 is 5.97 Å². The standard InChI is InChI=1S/C13H18N2O3S/c1-8-9(11(16)17)10(19-15-8)14-12(18)13(2)6-4-3-5-7-13/h3-7H2,1-2H3,(H,14,18)(H,16,17). The summed E-state index contributed by atoms with van der Waals surface area (Å²) in [6.07, 6.45) is 5.00. The van der Waals surface area contributed by atoms with Gasteiger partial charge in [-0.15, -0.1) is 0 Å². The second-order valence-corrected chi connectivity index (χ2v) is 6.13. The maximum atomic E-state index is 12.3. The van der Waals surface area contributed by atoms with Gasteiger partial charge in [0.05, 0.1) is 5.69 Å². The smallest absolute Gasteiger partial charge is 0.340 e. The summed E-state index contributed by atoms with van der Waals surface area (Å²) in [4.78, 5) is 23.5. The van der Waals surface area contributed by atoms with E-state index in [2.05, 4.69) is 9.69 Å². The Morgan fingerprint density at radius 1 is 1.32 bits per heavy atom. The minimum Gasteiger partial charge on any atom is -0.478 e. The van der Waals surface area contributed by atoms with Crippen molar-refractivity contribution in [3.05, 3.63) is 11.3 Å². The second-order valence-electron chi connectivity index (χ2n) is 5.35. The number of aryl methyl sites for hydroxylation is 1. The predicted octanol–water partition coefficient (Wildman–Crippen LogP) is 3.06. The number of anilines is 1. The van der Waals surface area contributed by atoms with Crippen molar-refractivity contribution in [1.82, 2.24) is 4.37 Å². The maximum Gasteiger partial charge on any atom is 0.340 e. The van der Waals surface area contributed by atoms with Crippen molar-refractivity contribution < 1.29 is 14.7 Å². The summed E-state index contributed by atoms with van der Waals surface area (Å²) in [6, 6.07) is 0. The minimum atomic E-state index is -1.05. The topological polar surface area (TPSA) is 79.3 Å². The number of aromatic nitrogens is 1. The lowest BCUT2D eigenvalue weighted by Crippen LogP contribution is -2.35. The van der Waals surface area contributed by atoms with Gasteiger partial charge >= 0.3 is 5.97 Å². The molecule has 1 fully saturated rings. The summed E-state index contributed by atoms with van der Waals surface area (Å²) in [5, 5.41) is 12.2. The monoisotopic (exact) mass is 282 g/mol. The van der Waals surface area contributed by atoms with Crippen molar-refractivity contribution in [2.45, 2.75) is 46.0 Å². The van der Waals surface area contributed by atoms with Gasteiger partial charge < -0.3 is 10.4 Å². The van der Waals surface area contributed by atoms with Crippen LogP contribution in [0.2, 0.25) is 0 Å². The van der Waals surface area contributed by atoms with Crippen LogP contribution in [0.4, 0.5) is 5.00 Å². The fourth-order valence-electron chi connectivity index (χ4n) is 2.52. The third kappa shape index (κ3) is 2.78. The molecule has 1 saturated carbocycles. The van der Waals surface area contributed by atoms with Gasteiger partial charge in [-0.25, -0.2) is 4.79 Å². The molecule has 1 aromatic rings. The van der Waals surface area contributed by atoms with Gasteiger partial charge in [-0.1, -0.05) is 26.2 Å². The molecule has 104 valence electrons. The lowest BCUT2D eigenvalue weighted by atomic mass is 9.75. The van der Waals surface area contributed by atoms with Crippen LogP contribution in [0.5, 0.6) is 0 Å². The Morgan fingerprint density at radius 3 is 2.53 bits per heavy atom. The van der Waals surface area contributed by atoms with E-state index in [0.717, 1.165) is 37.2 Å². The van der Waals surface area contributed by atoms with Gasteiger partial charge in [0.1, 0.15) is 10.6 Å². The first-order valence-corrected chi connectivity index (χ1v) is 7.22. The Bertz CT molecular complexity index is 504. The molecular formula is C13H18N2O3S. The number of nitrogens with zero attached hydrogens (tertiary/aromatic N) is 1. The Morgan fingerprint density at radius 2 is 1.95 bits per heavy atom. The average Bonchev–Trinajstić information content (AvgIpc) is 2.71. The number of carboxylic acid groups (broad SMARTS) is 1. The van der Waals surface area contributed by atoms with Crippen molar-refractivity contribution in [1.29, 1.82) is 0 Å². The molecule has 2 N–H and O–H groups in total. The maximum absolute atomic E-state index is 12.3. The molecule has 0 bridgehead atoms. The number of amides is 1. The van der Waals surface area contributed by atoms with Gasteiger partial charge in [0, 0.05) is 5.41 Å². The highest BCUT2D eigenvalue weighted by Crippen LogP contribution is 2.37. The first-order chi connectivity index (χ1) is 8.94. The van der Waals surface area contributed by atoms with Crippen LogP contribution in [-0.4, -0.2) is 21.4 Å². The van der Waals surface area contributed by atoms with E-state index in [0.29, 0.717) is 10.7 Å². The molecular weight excluding hydrogens is 264 g/mol. The molecule has 0 aromatic carbocycles. The molecule has 1 amide bonds. The number of hydrogen-bond donors (Lipinski definition) is 2. The molecule has 6 heteroatoms. The van der Waals surface area contributed by atoms with Gasteiger partial charge in [0.2, 0.25) is 5.91 Å². The Kier molecular flexibility index (Phi) is 3.89. The summed E-state index contributed by atoms with van der Waals surface area (Å²) in [5.41, 5.74) is 0.172. The van der Waals surface area contributed by atoms with Crippen LogP contribution in [-0.2, 0) is 4.79 Å². The largest absolute Gasteiger partial charge is 0.478 e. The van der Waals surface area contributed by atoms with Crippen molar-refractivity contribution in [3.8, 4) is 0 Å². The fraction of sp³-hybridized carbons (Fsp3) is 0.615. The average molecular weight is 282 g/mol. The highest BCUT2D eigenvalue weighted by atomic mass is 32.1. The van der Waals surface area contributed by atoms with Crippen molar-refractivity contribution in [2.24, 2.45) is 5.41 Å². The van der Waals surface area contributed by atoms with Crippen molar-refractivity contribution >= 4 is 28.4 Å². The van der Waals surface area contributed by atoms with E-state index in [-0.39, 0.29) is 16.9 Å². The quantitative estimate of drug-likeness (QED) is 0.893. The molecule has 0 atom stereocenters. The number of carboxylic acids is 1. The number of nitrogens with one attached hydrogen (secondary N) is 1. The second kappa shape index (κ2) is 5.28. The molecule has 0 spiro atoms. The number of hydrogen-bond acceptors (Lipinski definition) is 4. The number of aromatic carboxylic acids is 1. The van der Waals surface area contributed by atoms with E-state index in [9.17, 15) is 9.59 Å². The van der Waals surface area contributed by atoms with Crippen LogP contribution >= 0.6 is 11.5 Å². The van der Waals surface area contributed by atoms with E-state index in [1.807, 2.05) is 6.92 Å². The summed E-state index contributed by atoms with van der Waals surface area (Å²) in [7, 11) is 0. The molecule has 0 saturated heterocycles. The summed E-state index contributed by atoms with van der Waals surface area (Å²) in [6.45, 7) is 3.59. The highest BCUT2D eigenvalue weighted by Gasteiger charge is 2.35. The zero-order valence-corrected chi connectivity index (χ0v) is 12.0. The lowest BCUT2D eigenvalue weighted by molar-refractivity contribution is -0.126. The van der Waals surface area contributed by atoms with Gasteiger partial charge in [0.25, 0.3) is 0 Å². The zero-order valence-electron chi connectivity index (χ0n) is 11.2. The van der Waals surface area contributed by atoms with Crippen LogP contribution in [0.25, 0.3) is 0 Å². The van der Waals surface area contributed by atoms with Gasteiger partial charge in [0.15, 0.2) is 0 Å². The van der Waals surface area contributed by atoms with Crippen molar-refractivity contribution in [3.63, 3.8) is 0 Å². The normalized spacial score (nSPS) is 18.0. The van der Waals surface area contributed by atoms with E-state index in [1.54, 1.807) is 6.92 Å². The number of carbonyl (C=O) groups is 2. The molecule has 2 rings (SSSR count). The molecule has 0 aliphatic heterocycles. The van der Waals surface area contributed by atoms with Crippen LogP contribution in [0, 0.1) is 12.3 Å². The summed E-state index contributed by atoms with van der Waals surface area (Å²) < 4.78 is 4.00. The van der Waals surface area contributed by atoms with Gasteiger partial charge in [-0.05, 0) is 31.3 Å². The molecule has 1 heterocycles. The Hall–Kier alpha value is -1.43. The molecule has 0 unspecified atom stereocenters. The highest BCUT2D eigenvalue weighted by molar-refractivity contribution is 7.11. The molecule has 0 radical (unpaired) electrons. The zero-order chi connectivity index (χ0) is 14.0. The predicted molar refractivity (Wildman–Crippen MR) is 73.6 cm³/mol. The van der Waals surface area contributed by atoms with Crippen molar-refractivity contribution in [2.75, 3.05) is 5.32 Å². The Labute approximate surface area is 116 Å². The molecule has 5 nitrogen and oxygen atoms in total. The first kappa shape index (κ1) is 14.0.